The zero-order valence-corrected chi connectivity index (χ0v) is 17.2. The Hall–Kier alpha value is -1.40. The van der Waals surface area contributed by atoms with Gasteiger partial charge in [0.15, 0.2) is 0 Å². The molecule has 0 saturated carbocycles. The lowest BCUT2D eigenvalue weighted by molar-refractivity contribution is -0.117. The van der Waals surface area contributed by atoms with Gasteiger partial charge in [0, 0.05) is 4.88 Å². The lowest BCUT2D eigenvalue weighted by Gasteiger charge is -2.20. The van der Waals surface area contributed by atoms with E-state index in [0.717, 1.165) is 57.2 Å². The van der Waals surface area contributed by atoms with Crippen LogP contribution >= 0.6 is 11.3 Å². The molecule has 1 heterocycles. The fourth-order valence-electron chi connectivity index (χ4n) is 3.52. The van der Waals surface area contributed by atoms with Gasteiger partial charge >= 0.3 is 5.97 Å². The second-order valence-corrected chi connectivity index (χ2v) is 7.92. The fourth-order valence-corrected chi connectivity index (χ4v) is 4.82. The van der Waals surface area contributed by atoms with Crippen LogP contribution in [0.15, 0.2) is 0 Å². The van der Waals surface area contributed by atoms with Crippen LogP contribution in [0.5, 0.6) is 0 Å². The van der Waals surface area contributed by atoms with Gasteiger partial charge in [0.05, 0.1) is 18.7 Å². The first kappa shape index (κ1) is 20.9. The average Bonchev–Trinajstić information content (AvgIpc) is 2.76. The number of carbonyl (C=O) groups is 2. The topological polar surface area (TPSA) is 58.6 Å². The van der Waals surface area contributed by atoms with Crippen LogP contribution in [0.3, 0.4) is 0 Å². The molecule has 1 aromatic rings. The maximum absolute atomic E-state index is 12.6. The first-order valence-electron chi connectivity index (χ1n) is 9.94. The number of amides is 1. The Morgan fingerprint density at radius 2 is 1.77 bits per heavy atom. The van der Waals surface area contributed by atoms with E-state index in [9.17, 15) is 9.59 Å². The Morgan fingerprint density at radius 3 is 2.42 bits per heavy atom. The van der Waals surface area contributed by atoms with Crippen LogP contribution in [-0.4, -0.2) is 43.0 Å². The number of thiophene rings is 1. The van der Waals surface area contributed by atoms with Crippen molar-refractivity contribution >= 4 is 28.2 Å². The molecule has 146 valence electrons. The molecule has 0 aromatic carbocycles. The number of hydrogen-bond donors (Lipinski definition) is 1. The minimum Gasteiger partial charge on any atom is -0.462 e. The van der Waals surface area contributed by atoms with Gasteiger partial charge < -0.3 is 10.1 Å². The highest BCUT2D eigenvalue weighted by Gasteiger charge is 2.26. The number of esters is 1. The lowest BCUT2D eigenvalue weighted by Crippen LogP contribution is -2.34. The van der Waals surface area contributed by atoms with Crippen molar-refractivity contribution in [3.8, 4) is 0 Å². The van der Waals surface area contributed by atoms with E-state index in [4.69, 9.17) is 4.74 Å². The minimum absolute atomic E-state index is 0.0474. The summed E-state index contributed by atoms with van der Waals surface area (Å²) >= 11 is 1.56. The van der Waals surface area contributed by atoms with Gasteiger partial charge in [0.1, 0.15) is 5.00 Å². The third kappa shape index (κ3) is 5.55. The smallest absolute Gasteiger partial charge is 0.341 e. The van der Waals surface area contributed by atoms with Crippen LogP contribution in [-0.2, 0) is 22.4 Å². The van der Waals surface area contributed by atoms with Crippen molar-refractivity contribution in [2.45, 2.75) is 65.7 Å². The van der Waals surface area contributed by atoms with Gasteiger partial charge in [-0.05, 0) is 64.1 Å². The Labute approximate surface area is 161 Å². The number of fused-ring (bicyclic) bond motifs is 1. The Balaban J connectivity index is 2.19. The van der Waals surface area contributed by atoms with Gasteiger partial charge in [-0.25, -0.2) is 4.79 Å². The maximum atomic E-state index is 12.6. The van der Waals surface area contributed by atoms with Crippen molar-refractivity contribution in [3.05, 3.63) is 16.0 Å². The maximum Gasteiger partial charge on any atom is 0.341 e. The Morgan fingerprint density at radius 1 is 1.08 bits per heavy atom. The molecular formula is C20H32N2O3S. The van der Waals surface area contributed by atoms with Crippen LogP contribution < -0.4 is 5.32 Å². The molecule has 1 aliphatic rings. The molecular weight excluding hydrogens is 348 g/mol. The zero-order chi connectivity index (χ0) is 18.9. The van der Waals surface area contributed by atoms with Crippen molar-refractivity contribution < 1.29 is 14.3 Å². The van der Waals surface area contributed by atoms with Crippen molar-refractivity contribution in [2.24, 2.45) is 0 Å². The van der Waals surface area contributed by atoms with E-state index in [1.54, 1.807) is 11.3 Å². The molecule has 0 radical (unpaired) electrons. The molecule has 1 aliphatic carbocycles. The lowest BCUT2D eigenvalue weighted by atomic mass is 10.1. The molecule has 1 N–H and O–H groups in total. The first-order valence-corrected chi connectivity index (χ1v) is 10.8. The standard InChI is InChI=1S/C20H32N2O3S/c1-4-12-22(13-5-2)14-17(23)21-19-18(20(24)25-6-3)15-10-8-7-9-11-16(15)26-19/h4-14H2,1-3H3,(H,21,23). The highest BCUT2D eigenvalue weighted by Crippen LogP contribution is 2.38. The molecule has 0 bridgehead atoms. The predicted molar refractivity (Wildman–Crippen MR) is 107 cm³/mol. The summed E-state index contributed by atoms with van der Waals surface area (Å²) in [5, 5.41) is 3.69. The molecule has 0 unspecified atom stereocenters. The summed E-state index contributed by atoms with van der Waals surface area (Å²) in [4.78, 5) is 28.5. The van der Waals surface area contributed by atoms with E-state index in [1.807, 2.05) is 6.92 Å². The van der Waals surface area contributed by atoms with Gasteiger partial charge in [-0.1, -0.05) is 20.3 Å². The molecule has 0 saturated heterocycles. The number of hydrogen-bond acceptors (Lipinski definition) is 5. The van der Waals surface area contributed by atoms with E-state index in [0.29, 0.717) is 23.7 Å². The molecule has 0 fully saturated rings. The van der Waals surface area contributed by atoms with Gasteiger partial charge in [-0.2, -0.15) is 0 Å². The van der Waals surface area contributed by atoms with E-state index in [-0.39, 0.29) is 11.9 Å². The van der Waals surface area contributed by atoms with Crippen LogP contribution in [0.4, 0.5) is 5.00 Å². The number of nitrogens with zero attached hydrogens (tertiary/aromatic N) is 1. The summed E-state index contributed by atoms with van der Waals surface area (Å²) in [5.41, 5.74) is 1.69. The van der Waals surface area contributed by atoms with Crippen molar-refractivity contribution in [1.29, 1.82) is 0 Å². The molecule has 1 aromatic heterocycles. The molecule has 0 atom stereocenters. The SMILES string of the molecule is CCCN(CCC)CC(=O)Nc1sc2c(c1C(=O)OCC)CCCCC2. The normalized spacial score (nSPS) is 14.0. The van der Waals surface area contributed by atoms with E-state index >= 15 is 0 Å². The molecule has 1 amide bonds. The minimum atomic E-state index is -0.304. The molecule has 26 heavy (non-hydrogen) atoms. The van der Waals surface area contributed by atoms with E-state index in [1.165, 1.54) is 11.3 Å². The highest BCUT2D eigenvalue weighted by molar-refractivity contribution is 7.17. The van der Waals surface area contributed by atoms with Gasteiger partial charge in [-0.3, -0.25) is 9.69 Å². The number of ether oxygens (including phenoxy) is 1. The van der Waals surface area contributed by atoms with Crippen LogP contribution in [0.1, 0.15) is 73.7 Å². The predicted octanol–water partition coefficient (Wildman–Crippen LogP) is 4.25. The van der Waals surface area contributed by atoms with E-state index in [2.05, 4.69) is 24.1 Å². The summed E-state index contributed by atoms with van der Waals surface area (Å²) < 4.78 is 5.28. The summed E-state index contributed by atoms with van der Waals surface area (Å²) in [6.45, 7) is 8.59. The first-order chi connectivity index (χ1) is 12.6. The zero-order valence-electron chi connectivity index (χ0n) is 16.4. The Bertz CT molecular complexity index is 606. The number of nitrogens with one attached hydrogen (secondary N) is 1. The van der Waals surface area contributed by atoms with Gasteiger partial charge in [0.25, 0.3) is 0 Å². The van der Waals surface area contributed by atoms with E-state index < -0.39 is 0 Å². The number of rotatable bonds is 9. The second-order valence-electron chi connectivity index (χ2n) is 6.81. The average molecular weight is 381 g/mol. The highest BCUT2D eigenvalue weighted by atomic mass is 32.1. The fraction of sp³-hybridized carbons (Fsp3) is 0.700. The van der Waals surface area contributed by atoms with Gasteiger partial charge in [0.2, 0.25) is 5.91 Å². The van der Waals surface area contributed by atoms with Crippen molar-refractivity contribution in [1.82, 2.24) is 4.90 Å². The van der Waals surface area contributed by atoms with Crippen LogP contribution in [0, 0.1) is 0 Å². The summed E-state index contributed by atoms with van der Waals surface area (Å²) in [6, 6.07) is 0. The number of aryl methyl sites for hydroxylation is 1. The number of carbonyl (C=O) groups excluding carboxylic acids is 2. The van der Waals surface area contributed by atoms with Crippen molar-refractivity contribution in [3.63, 3.8) is 0 Å². The summed E-state index contributed by atoms with van der Waals surface area (Å²) in [6.07, 6.45) is 7.35. The second kappa shape index (κ2) is 10.7. The summed E-state index contributed by atoms with van der Waals surface area (Å²) in [5.74, 6) is -0.352. The third-order valence-corrected chi connectivity index (χ3v) is 5.81. The summed E-state index contributed by atoms with van der Waals surface area (Å²) in [7, 11) is 0. The molecule has 6 heteroatoms. The van der Waals surface area contributed by atoms with Crippen LogP contribution in [0.2, 0.25) is 0 Å². The molecule has 5 nitrogen and oxygen atoms in total. The quantitative estimate of drug-likeness (QED) is 0.514. The molecule has 2 rings (SSSR count). The number of anilines is 1. The van der Waals surface area contributed by atoms with Crippen molar-refractivity contribution in [2.75, 3.05) is 31.6 Å². The largest absolute Gasteiger partial charge is 0.462 e. The van der Waals surface area contributed by atoms with Gasteiger partial charge in [-0.15, -0.1) is 11.3 Å². The Kier molecular flexibility index (Phi) is 8.59. The monoisotopic (exact) mass is 380 g/mol. The molecule has 0 spiro atoms. The molecule has 0 aliphatic heterocycles. The third-order valence-electron chi connectivity index (χ3n) is 4.60. The van der Waals surface area contributed by atoms with Crippen LogP contribution in [0.25, 0.3) is 0 Å².